The number of hydrogen-bond acceptors (Lipinski definition) is 3. The van der Waals surface area contributed by atoms with Gasteiger partial charge in [0.25, 0.3) is 0 Å². The van der Waals surface area contributed by atoms with Crippen molar-refractivity contribution in [3.8, 4) is 0 Å². The molecule has 0 radical (unpaired) electrons. The van der Waals surface area contributed by atoms with Crippen LogP contribution in [-0.2, 0) is 4.79 Å². The second kappa shape index (κ2) is 6.02. The van der Waals surface area contributed by atoms with Gasteiger partial charge in [-0.3, -0.25) is 9.69 Å². The van der Waals surface area contributed by atoms with Gasteiger partial charge in [0.1, 0.15) is 5.82 Å². The van der Waals surface area contributed by atoms with E-state index in [-0.39, 0.29) is 17.8 Å². The average molecular weight is 265 g/mol. The molecule has 0 bridgehead atoms. The fourth-order valence-corrected chi connectivity index (χ4v) is 2.62. The van der Waals surface area contributed by atoms with Gasteiger partial charge in [-0.15, -0.1) is 0 Å². The maximum Gasteiger partial charge on any atom is 0.234 e. The Morgan fingerprint density at radius 2 is 1.95 bits per heavy atom. The molecule has 4 nitrogen and oxygen atoms in total. The Hall–Kier alpha value is -1.62. The lowest BCUT2D eigenvalue weighted by Gasteiger charge is -2.39. The van der Waals surface area contributed by atoms with Crippen molar-refractivity contribution in [2.24, 2.45) is 5.73 Å². The molecule has 1 aromatic rings. The van der Waals surface area contributed by atoms with E-state index in [0.717, 1.165) is 19.5 Å². The molecule has 1 fully saturated rings. The molecule has 1 aliphatic heterocycles. The predicted octanol–water partition coefficient (Wildman–Crippen LogP) is 1.21. The number of primary amides is 1. The summed E-state index contributed by atoms with van der Waals surface area (Å²) in [6.45, 7) is 4.85. The van der Waals surface area contributed by atoms with Crippen molar-refractivity contribution in [1.29, 1.82) is 0 Å². The molecule has 0 saturated carbocycles. The van der Waals surface area contributed by atoms with E-state index in [1.807, 2.05) is 17.9 Å². The lowest BCUT2D eigenvalue weighted by molar-refractivity contribution is -0.123. The van der Waals surface area contributed by atoms with Crippen LogP contribution in [0, 0.1) is 5.82 Å². The van der Waals surface area contributed by atoms with Crippen LogP contribution in [0.2, 0.25) is 0 Å². The molecule has 0 aromatic heterocycles. The molecule has 1 unspecified atom stereocenters. The molecule has 104 valence electrons. The fourth-order valence-electron chi connectivity index (χ4n) is 2.62. The normalized spacial score (nSPS) is 18.3. The van der Waals surface area contributed by atoms with Gasteiger partial charge in [0.15, 0.2) is 0 Å². The third kappa shape index (κ3) is 3.04. The molecular weight excluding hydrogens is 245 g/mol. The zero-order valence-corrected chi connectivity index (χ0v) is 11.2. The molecule has 5 heteroatoms. The van der Waals surface area contributed by atoms with Gasteiger partial charge in [0.05, 0.1) is 11.7 Å². The van der Waals surface area contributed by atoms with Crippen LogP contribution in [0.5, 0.6) is 0 Å². The van der Waals surface area contributed by atoms with Crippen molar-refractivity contribution in [2.45, 2.75) is 19.4 Å². The van der Waals surface area contributed by atoms with Gasteiger partial charge in [-0.1, -0.05) is 19.1 Å². The van der Waals surface area contributed by atoms with E-state index in [2.05, 4.69) is 4.90 Å². The first-order valence-electron chi connectivity index (χ1n) is 6.66. The van der Waals surface area contributed by atoms with Crippen LogP contribution in [0.4, 0.5) is 10.1 Å². The van der Waals surface area contributed by atoms with Gasteiger partial charge in [-0.25, -0.2) is 4.39 Å². The molecule has 1 amide bonds. The molecule has 2 rings (SSSR count). The van der Waals surface area contributed by atoms with Gasteiger partial charge in [-0.05, 0) is 18.6 Å². The van der Waals surface area contributed by atoms with Crippen LogP contribution in [-0.4, -0.2) is 43.0 Å². The van der Waals surface area contributed by atoms with Crippen molar-refractivity contribution >= 4 is 11.6 Å². The number of carbonyl (C=O) groups is 1. The highest BCUT2D eigenvalue weighted by molar-refractivity contribution is 5.79. The lowest BCUT2D eigenvalue weighted by Crippen LogP contribution is -2.54. The van der Waals surface area contributed by atoms with E-state index >= 15 is 0 Å². The zero-order chi connectivity index (χ0) is 13.8. The first-order chi connectivity index (χ1) is 9.13. The van der Waals surface area contributed by atoms with Crippen molar-refractivity contribution in [3.63, 3.8) is 0 Å². The summed E-state index contributed by atoms with van der Waals surface area (Å²) >= 11 is 0. The Morgan fingerprint density at radius 3 is 2.47 bits per heavy atom. The number of anilines is 1. The molecule has 19 heavy (non-hydrogen) atoms. The third-order valence-electron chi connectivity index (χ3n) is 3.66. The number of para-hydroxylation sites is 1. The summed E-state index contributed by atoms with van der Waals surface area (Å²) in [6.07, 6.45) is 0.717. The second-order valence-electron chi connectivity index (χ2n) is 4.80. The summed E-state index contributed by atoms with van der Waals surface area (Å²) in [5.74, 6) is -0.472. The minimum Gasteiger partial charge on any atom is -0.368 e. The topological polar surface area (TPSA) is 49.6 Å². The molecule has 0 spiro atoms. The van der Waals surface area contributed by atoms with Gasteiger partial charge >= 0.3 is 0 Å². The van der Waals surface area contributed by atoms with Gasteiger partial charge in [0.2, 0.25) is 5.91 Å². The molecule has 1 aromatic carbocycles. The molecular formula is C14H20FN3O. The van der Waals surface area contributed by atoms with Crippen LogP contribution >= 0.6 is 0 Å². The van der Waals surface area contributed by atoms with Gasteiger partial charge in [-0.2, -0.15) is 0 Å². The van der Waals surface area contributed by atoms with E-state index in [4.69, 9.17) is 5.73 Å². The molecule has 1 atom stereocenters. The predicted molar refractivity (Wildman–Crippen MR) is 73.5 cm³/mol. The van der Waals surface area contributed by atoms with E-state index in [1.165, 1.54) is 6.07 Å². The third-order valence-corrected chi connectivity index (χ3v) is 3.66. The monoisotopic (exact) mass is 265 g/mol. The summed E-state index contributed by atoms with van der Waals surface area (Å²) in [7, 11) is 0. The second-order valence-corrected chi connectivity index (χ2v) is 4.80. The van der Waals surface area contributed by atoms with Crippen molar-refractivity contribution < 1.29 is 9.18 Å². The first-order valence-corrected chi connectivity index (χ1v) is 6.66. The SMILES string of the molecule is CCC(C(N)=O)N1CCN(c2ccccc2F)CC1. The largest absolute Gasteiger partial charge is 0.368 e. The summed E-state index contributed by atoms with van der Waals surface area (Å²) in [5, 5.41) is 0. The average Bonchev–Trinajstić information content (AvgIpc) is 2.41. The standard InChI is InChI=1S/C14H20FN3O/c1-2-12(14(16)19)17-7-9-18(10-8-17)13-6-4-3-5-11(13)15/h3-6,12H,2,7-10H2,1H3,(H2,16,19). The van der Waals surface area contributed by atoms with Crippen molar-refractivity contribution in [2.75, 3.05) is 31.1 Å². The number of amides is 1. The maximum atomic E-state index is 13.7. The zero-order valence-electron chi connectivity index (χ0n) is 11.2. The smallest absolute Gasteiger partial charge is 0.234 e. The minimum absolute atomic E-state index is 0.196. The first kappa shape index (κ1) is 13.8. The molecule has 1 heterocycles. The Kier molecular flexibility index (Phi) is 4.37. The van der Waals surface area contributed by atoms with Crippen LogP contribution in [0.1, 0.15) is 13.3 Å². The van der Waals surface area contributed by atoms with Crippen molar-refractivity contribution in [1.82, 2.24) is 4.90 Å². The number of nitrogens with zero attached hydrogens (tertiary/aromatic N) is 2. The highest BCUT2D eigenvalue weighted by Gasteiger charge is 2.26. The summed E-state index contributed by atoms with van der Waals surface area (Å²) < 4.78 is 13.7. The number of rotatable bonds is 4. The molecule has 1 aliphatic rings. The number of carbonyl (C=O) groups excluding carboxylic acids is 1. The van der Waals surface area contributed by atoms with Crippen LogP contribution in [0.15, 0.2) is 24.3 Å². The Balaban J connectivity index is 2.00. The molecule has 1 saturated heterocycles. The Bertz CT molecular complexity index is 444. The quantitative estimate of drug-likeness (QED) is 0.890. The number of hydrogen-bond donors (Lipinski definition) is 1. The highest BCUT2D eigenvalue weighted by atomic mass is 19.1. The van der Waals surface area contributed by atoms with E-state index < -0.39 is 0 Å². The van der Waals surface area contributed by atoms with E-state index in [9.17, 15) is 9.18 Å². The molecule has 2 N–H and O–H groups in total. The van der Waals surface area contributed by atoms with E-state index in [1.54, 1.807) is 12.1 Å². The number of piperazine rings is 1. The number of nitrogens with two attached hydrogens (primary N) is 1. The summed E-state index contributed by atoms with van der Waals surface area (Å²) in [6, 6.07) is 6.58. The molecule has 0 aliphatic carbocycles. The van der Waals surface area contributed by atoms with E-state index in [0.29, 0.717) is 18.8 Å². The number of benzene rings is 1. The summed E-state index contributed by atoms with van der Waals surface area (Å²) in [5.41, 5.74) is 6.03. The Labute approximate surface area is 113 Å². The lowest BCUT2D eigenvalue weighted by atomic mass is 10.1. The van der Waals surface area contributed by atoms with Crippen LogP contribution in [0.3, 0.4) is 0 Å². The maximum absolute atomic E-state index is 13.7. The van der Waals surface area contributed by atoms with Crippen molar-refractivity contribution in [3.05, 3.63) is 30.1 Å². The van der Waals surface area contributed by atoms with Crippen LogP contribution < -0.4 is 10.6 Å². The van der Waals surface area contributed by atoms with Crippen LogP contribution in [0.25, 0.3) is 0 Å². The van der Waals surface area contributed by atoms with Gasteiger partial charge in [0, 0.05) is 26.2 Å². The van der Waals surface area contributed by atoms with Gasteiger partial charge < -0.3 is 10.6 Å². The summed E-state index contributed by atoms with van der Waals surface area (Å²) in [4.78, 5) is 15.4. The Morgan fingerprint density at radius 1 is 1.32 bits per heavy atom. The fraction of sp³-hybridized carbons (Fsp3) is 0.500. The minimum atomic E-state index is -0.276. The number of halogens is 1. The highest BCUT2D eigenvalue weighted by Crippen LogP contribution is 2.21.